The molecule has 0 atom stereocenters. The molecule has 1 N–H and O–H groups in total. The number of anilines is 1. The first-order valence-corrected chi connectivity index (χ1v) is 11.9. The minimum absolute atomic E-state index is 0.0593. The van der Waals surface area contributed by atoms with Crippen molar-refractivity contribution in [3.63, 3.8) is 0 Å². The number of Topliss-reactive ketones (excluding diaryl/α,β-unsaturated/α-hetero) is 1. The van der Waals surface area contributed by atoms with Crippen LogP contribution in [-0.4, -0.2) is 51.2 Å². The molecule has 0 saturated heterocycles. The molecule has 1 saturated carbocycles. The van der Waals surface area contributed by atoms with Crippen LogP contribution in [0.1, 0.15) is 49.0 Å². The molecule has 4 rings (SSSR count). The summed E-state index contributed by atoms with van der Waals surface area (Å²) in [6, 6.07) is 7.54. The van der Waals surface area contributed by atoms with Crippen molar-refractivity contribution in [3.8, 4) is 0 Å². The molecule has 0 bridgehead atoms. The van der Waals surface area contributed by atoms with E-state index in [1.54, 1.807) is 11.1 Å². The van der Waals surface area contributed by atoms with Gasteiger partial charge in [-0.1, -0.05) is 30.9 Å². The van der Waals surface area contributed by atoms with Crippen LogP contribution in [0, 0.1) is 5.92 Å². The number of ketones is 1. The fourth-order valence-corrected chi connectivity index (χ4v) is 4.50. The zero-order valence-electron chi connectivity index (χ0n) is 18.5. The summed E-state index contributed by atoms with van der Waals surface area (Å²) in [6.07, 6.45) is 12.1. The fourth-order valence-electron chi connectivity index (χ4n) is 4.33. The maximum atomic E-state index is 13.1. The Morgan fingerprint density at radius 3 is 2.70 bits per heavy atom. The van der Waals surface area contributed by atoms with Crippen LogP contribution in [0.5, 0.6) is 0 Å². The number of carbonyl (C=O) groups is 2. The van der Waals surface area contributed by atoms with Gasteiger partial charge in [-0.2, -0.15) is 0 Å². The maximum Gasteiger partial charge on any atom is 0.274 e. The van der Waals surface area contributed by atoms with Crippen molar-refractivity contribution < 1.29 is 9.59 Å². The lowest BCUT2D eigenvalue weighted by atomic mass is 9.86. The molecule has 2 heterocycles. The van der Waals surface area contributed by atoms with Crippen LogP contribution >= 0.6 is 11.6 Å². The molecule has 0 spiro atoms. The van der Waals surface area contributed by atoms with Crippen molar-refractivity contribution in [1.82, 2.24) is 19.9 Å². The second kappa shape index (κ2) is 11.2. The third kappa shape index (κ3) is 6.05. The lowest BCUT2D eigenvalue weighted by Gasteiger charge is -2.26. The summed E-state index contributed by atoms with van der Waals surface area (Å²) in [5, 5.41) is 5.06. The summed E-state index contributed by atoms with van der Waals surface area (Å²) in [4.78, 5) is 40.1. The highest BCUT2D eigenvalue weighted by Crippen LogP contribution is 2.25. The van der Waals surface area contributed by atoms with Crippen molar-refractivity contribution in [2.45, 2.75) is 38.5 Å². The van der Waals surface area contributed by atoms with Crippen LogP contribution in [0.2, 0.25) is 5.02 Å². The van der Waals surface area contributed by atoms with Gasteiger partial charge < -0.3 is 10.2 Å². The van der Waals surface area contributed by atoms with Gasteiger partial charge in [-0.05, 0) is 43.5 Å². The van der Waals surface area contributed by atoms with E-state index in [0.717, 1.165) is 42.3 Å². The summed E-state index contributed by atoms with van der Waals surface area (Å²) in [5.41, 5.74) is 2.05. The number of carbonyl (C=O) groups excluding carboxylic acids is 2. The molecule has 1 aliphatic rings. The molecule has 0 radical (unpaired) electrons. The van der Waals surface area contributed by atoms with Gasteiger partial charge in [0.1, 0.15) is 5.69 Å². The number of aromatic nitrogens is 3. The van der Waals surface area contributed by atoms with E-state index in [9.17, 15) is 9.59 Å². The predicted octanol–water partition coefficient (Wildman–Crippen LogP) is 4.77. The number of halogens is 1. The van der Waals surface area contributed by atoms with Crippen molar-refractivity contribution in [1.29, 1.82) is 0 Å². The molecule has 3 aromatic rings. The molecule has 7 nitrogen and oxygen atoms in total. The highest BCUT2D eigenvalue weighted by Gasteiger charge is 2.26. The standard InChI is InChI=1S/C25H28ClN5O2/c26-19-7-8-20-21(9-11-29-22(20)15-19)28-10-4-14-31(25(33)23-16-27-12-13-30-23)17-24(32)18-5-2-1-3-6-18/h7-9,11-13,15-16,18H,1-6,10,14,17H2,(H,28,29). The van der Waals surface area contributed by atoms with Crippen molar-refractivity contribution in [2.24, 2.45) is 5.92 Å². The highest BCUT2D eigenvalue weighted by atomic mass is 35.5. The van der Waals surface area contributed by atoms with Gasteiger partial charge >= 0.3 is 0 Å². The zero-order chi connectivity index (χ0) is 23.0. The molecule has 0 aliphatic heterocycles. The fraction of sp³-hybridized carbons (Fsp3) is 0.400. The Hall–Kier alpha value is -3.06. The maximum absolute atomic E-state index is 13.1. The number of fused-ring (bicyclic) bond motifs is 1. The summed E-state index contributed by atoms with van der Waals surface area (Å²) in [6.45, 7) is 1.22. The number of hydrogen-bond acceptors (Lipinski definition) is 6. The van der Waals surface area contributed by atoms with E-state index in [0.29, 0.717) is 24.5 Å². The average molecular weight is 466 g/mol. The number of nitrogens with one attached hydrogen (secondary N) is 1. The lowest BCUT2D eigenvalue weighted by molar-refractivity contribution is -0.124. The number of hydrogen-bond donors (Lipinski definition) is 1. The minimum Gasteiger partial charge on any atom is -0.384 e. The van der Waals surface area contributed by atoms with Gasteiger partial charge in [-0.15, -0.1) is 0 Å². The Morgan fingerprint density at radius 1 is 1.06 bits per heavy atom. The molecule has 8 heteroatoms. The van der Waals surface area contributed by atoms with Gasteiger partial charge in [0.05, 0.1) is 18.3 Å². The number of nitrogens with zero attached hydrogens (tertiary/aromatic N) is 4. The number of rotatable bonds is 9. The van der Waals surface area contributed by atoms with E-state index < -0.39 is 0 Å². The first-order valence-electron chi connectivity index (χ1n) is 11.5. The number of amides is 1. The van der Waals surface area contributed by atoms with Crippen LogP contribution in [0.25, 0.3) is 10.9 Å². The Balaban J connectivity index is 1.39. The van der Waals surface area contributed by atoms with Crippen molar-refractivity contribution in [3.05, 3.63) is 59.8 Å². The Labute approximate surface area is 198 Å². The molecule has 2 aromatic heterocycles. The van der Waals surface area contributed by atoms with Crippen LogP contribution in [-0.2, 0) is 4.79 Å². The second-order valence-corrected chi connectivity index (χ2v) is 8.86. The lowest BCUT2D eigenvalue weighted by Crippen LogP contribution is -2.40. The molecular weight excluding hydrogens is 438 g/mol. The smallest absolute Gasteiger partial charge is 0.274 e. The molecule has 1 fully saturated rings. The van der Waals surface area contributed by atoms with Gasteiger partial charge in [0.25, 0.3) is 5.91 Å². The number of benzene rings is 1. The van der Waals surface area contributed by atoms with Gasteiger partial charge in [0.2, 0.25) is 0 Å². The van der Waals surface area contributed by atoms with E-state index in [-0.39, 0.29) is 29.8 Å². The molecule has 1 aliphatic carbocycles. The van der Waals surface area contributed by atoms with E-state index in [2.05, 4.69) is 20.3 Å². The van der Waals surface area contributed by atoms with E-state index in [1.807, 2.05) is 24.3 Å². The second-order valence-electron chi connectivity index (χ2n) is 8.42. The molecule has 172 valence electrons. The van der Waals surface area contributed by atoms with Gasteiger partial charge in [0, 0.05) is 53.7 Å². The summed E-state index contributed by atoms with van der Waals surface area (Å²) in [5.74, 6) is -0.0443. The van der Waals surface area contributed by atoms with Crippen LogP contribution in [0.15, 0.2) is 49.1 Å². The molecule has 0 unspecified atom stereocenters. The summed E-state index contributed by atoms with van der Waals surface area (Å²) >= 11 is 6.08. The minimum atomic E-state index is -0.253. The zero-order valence-corrected chi connectivity index (χ0v) is 19.3. The molecule has 1 amide bonds. The number of pyridine rings is 1. The van der Waals surface area contributed by atoms with Gasteiger partial charge in [0.15, 0.2) is 5.78 Å². The molecular formula is C25H28ClN5O2. The first kappa shape index (κ1) is 23.1. The monoisotopic (exact) mass is 465 g/mol. The molecule has 33 heavy (non-hydrogen) atoms. The summed E-state index contributed by atoms with van der Waals surface area (Å²) < 4.78 is 0. The van der Waals surface area contributed by atoms with Crippen LogP contribution in [0.4, 0.5) is 5.69 Å². The SMILES string of the molecule is O=C(CN(CCCNc1ccnc2cc(Cl)ccc12)C(=O)c1cnccn1)C1CCCCC1. The van der Waals surface area contributed by atoms with E-state index in [4.69, 9.17) is 11.6 Å². The quantitative estimate of drug-likeness (QED) is 0.458. The van der Waals surface area contributed by atoms with Gasteiger partial charge in [-0.3, -0.25) is 19.6 Å². The third-order valence-electron chi connectivity index (χ3n) is 6.10. The van der Waals surface area contributed by atoms with E-state index in [1.165, 1.54) is 25.0 Å². The predicted molar refractivity (Wildman–Crippen MR) is 129 cm³/mol. The van der Waals surface area contributed by atoms with Crippen LogP contribution < -0.4 is 5.32 Å². The average Bonchev–Trinajstić information content (AvgIpc) is 2.86. The summed E-state index contributed by atoms with van der Waals surface area (Å²) in [7, 11) is 0. The topological polar surface area (TPSA) is 88.1 Å². The largest absolute Gasteiger partial charge is 0.384 e. The Kier molecular flexibility index (Phi) is 7.83. The van der Waals surface area contributed by atoms with E-state index >= 15 is 0 Å². The Bertz CT molecular complexity index is 1100. The highest BCUT2D eigenvalue weighted by molar-refractivity contribution is 6.31. The normalized spacial score (nSPS) is 14.2. The van der Waals surface area contributed by atoms with Crippen LogP contribution in [0.3, 0.4) is 0 Å². The van der Waals surface area contributed by atoms with Gasteiger partial charge in [-0.25, -0.2) is 4.98 Å². The van der Waals surface area contributed by atoms with Crippen molar-refractivity contribution in [2.75, 3.05) is 25.0 Å². The third-order valence-corrected chi connectivity index (χ3v) is 6.34. The van der Waals surface area contributed by atoms with Crippen molar-refractivity contribution >= 4 is 39.9 Å². The molecule has 1 aromatic carbocycles. The Morgan fingerprint density at radius 2 is 1.91 bits per heavy atom. The first-order chi connectivity index (χ1) is 16.1.